The summed E-state index contributed by atoms with van der Waals surface area (Å²) in [6.07, 6.45) is 1.54. The highest BCUT2D eigenvalue weighted by molar-refractivity contribution is 8.00. The van der Waals surface area contributed by atoms with Crippen LogP contribution in [0, 0.1) is 5.82 Å². The molecule has 1 aromatic carbocycles. The second-order valence-electron chi connectivity index (χ2n) is 4.85. The number of amides is 1. The van der Waals surface area contributed by atoms with Gasteiger partial charge in [0.05, 0.1) is 17.3 Å². The third-order valence-corrected chi connectivity index (χ3v) is 4.79. The molecule has 0 aliphatic heterocycles. The summed E-state index contributed by atoms with van der Waals surface area (Å²) in [5.41, 5.74) is 0.0560. The van der Waals surface area contributed by atoms with Crippen molar-refractivity contribution in [3.8, 4) is 0 Å². The normalized spacial score (nSPS) is 11.9. The first-order valence-corrected chi connectivity index (χ1v) is 8.80. The monoisotopic (exact) mass is 361 g/mol. The van der Waals surface area contributed by atoms with Crippen LogP contribution in [0.25, 0.3) is 0 Å². The van der Waals surface area contributed by atoms with Gasteiger partial charge in [-0.15, -0.1) is 11.8 Å². The first-order chi connectivity index (χ1) is 10.9. The molecule has 0 saturated carbocycles. The Balaban J connectivity index is 2.95. The Kier molecular flexibility index (Phi) is 8.41. The lowest BCUT2D eigenvalue weighted by atomic mass is 10.3. The number of esters is 1. The molecular formula is C16H21ClFNO3S. The number of hydrogen-bond acceptors (Lipinski definition) is 4. The molecule has 23 heavy (non-hydrogen) atoms. The van der Waals surface area contributed by atoms with Crippen molar-refractivity contribution in [2.24, 2.45) is 0 Å². The van der Waals surface area contributed by atoms with E-state index in [-0.39, 0.29) is 29.0 Å². The molecular weight excluding hydrogens is 341 g/mol. The van der Waals surface area contributed by atoms with Gasteiger partial charge < -0.3 is 10.1 Å². The van der Waals surface area contributed by atoms with E-state index in [2.05, 4.69) is 5.32 Å². The van der Waals surface area contributed by atoms with Crippen molar-refractivity contribution in [2.45, 2.75) is 50.2 Å². The van der Waals surface area contributed by atoms with Crippen LogP contribution in [0.15, 0.2) is 17.0 Å². The van der Waals surface area contributed by atoms with Gasteiger partial charge >= 0.3 is 5.97 Å². The summed E-state index contributed by atoms with van der Waals surface area (Å²) >= 11 is 7.26. The van der Waals surface area contributed by atoms with Crippen LogP contribution >= 0.6 is 23.4 Å². The summed E-state index contributed by atoms with van der Waals surface area (Å²) in [4.78, 5) is 24.0. The third-order valence-electron chi connectivity index (χ3n) is 2.97. The minimum absolute atomic E-state index is 0.0560. The van der Waals surface area contributed by atoms with Gasteiger partial charge in [-0.2, -0.15) is 0 Å². The lowest BCUT2D eigenvalue weighted by Gasteiger charge is -2.16. The van der Waals surface area contributed by atoms with E-state index < -0.39 is 11.1 Å². The highest BCUT2D eigenvalue weighted by atomic mass is 35.5. The molecule has 1 amide bonds. The van der Waals surface area contributed by atoms with Crippen LogP contribution in [0.3, 0.4) is 0 Å². The van der Waals surface area contributed by atoms with E-state index in [0.717, 1.165) is 12.5 Å². The third kappa shape index (κ3) is 6.03. The molecule has 0 aliphatic rings. The quantitative estimate of drug-likeness (QED) is 0.540. The van der Waals surface area contributed by atoms with E-state index in [1.807, 2.05) is 13.8 Å². The number of hydrogen-bond donors (Lipinski definition) is 1. The lowest BCUT2D eigenvalue weighted by molar-refractivity contribution is -0.143. The number of carbonyl (C=O) groups is 2. The molecule has 0 heterocycles. The molecule has 0 bridgehead atoms. The smallest absolute Gasteiger partial charge is 0.319 e. The molecule has 128 valence electrons. The van der Waals surface area contributed by atoms with Crippen molar-refractivity contribution < 1.29 is 18.7 Å². The summed E-state index contributed by atoms with van der Waals surface area (Å²) in [6.45, 7) is 5.82. The molecule has 4 nitrogen and oxygen atoms in total. The summed E-state index contributed by atoms with van der Waals surface area (Å²) in [5.74, 6) is -1.22. The fourth-order valence-corrected chi connectivity index (χ4v) is 2.98. The van der Waals surface area contributed by atoms with Gasteiger partial charge in [-0.3, -0.25) is 9.59 Å². The lowest BCUT2D eigenvalue weighted by Crippen LogP contribution is -2.20. The molecule has 0 aliphatic carbocycles. The van der Waals surface area contributed by atoms with Crippen LogP contribution in [-0.2, 0) is 14.3 Å². The van der Waals surface area contributed by atoms with Crippen molar-refractivity contribution in [3.63, 3.8) is 0 Å². The van der Waals surface area contributed by atoms with Gasteiger partial charge in [0, 0.05) is 11.3 Å². The van der Waals surface area contributed by atoms with Crippen molar-refractivity contribution in [2.75, 3.05) is 11.9 Å². The average molecular weight is 362 g/mol. The Morgan fingerprint density at radius 3 is 2.61 bits per heavy atom. The maximum absolute atomic E-state index is 13.9. The number of anilines is 1. The fourth-order valence-electron chi connectivity index (χ4n) is 1.70. The zero-order valence-electron chi connectivity index (χ0n) is 13.4. The first-order valence-electron chi connectivity index (χ1n) is 7.55. The number of benzene rings is 1. The Hall–Kier alpha value is -1.27. The number of thioether (sulfide) groups is 1. The zero-order chi connectivity index (χ0) is 17.4. The van der Waals surface area contributed by atoms with Gasteiger partial charge in [0.25, 0.3) is 0 Å². The number of carbonyl (C=O) groups excluding carboxylic acids is 2. The van der Waals surface area contributed by atoms with E-state index in [9.17, 15) is 14.0 Å². The van der Waals surface area contributed by atoms with E-state index in [1.54, 1.807) is 6.92 Å². The molecule has 0 aromatic heterocycles. The summed E-state index contributed by atoms with van der Waals surface area (Å²) in [6, 6.07) is 2.59. The Bertz CT molecular complexity index is 569. The molecule has 7 heteroatoms. The van der Waals surface area contributed by atoms with Gasteiger partial charge in [-0.05, 0) is 25.0 Å². The van der Waals surface area contributed by atoms with Crippen LogP contribution < -0.4 is 5.32 Å². The molecule has 0 fully saturated rings. The Morgan fingerprint density at radius 1 is 1.35 bits per heavy atom. The predicted octanol–water partition coefficient (Wildman–Crippen LogP) is 4.65. The van der Waals surface area contributed by atoms with E-state index in [1.165, 1.54) is 17.8 Å². The summed E-state index contributed by atoms with van der Waals surface area (Å²) in [5, 5.41) is 2.25. The molecule has 0 radical (unpaired) electrons. The van der Waals surface area contributed by atoms with Gasteiger partial charge in [0.15, 0.2) is 0 Å². The summed E-state index contributed by atoms with van der Waals surface area (Å²) in [7, 11) is 0. The van der Waals surface area contributed by atoms with E-state index in [0.29, 0.717) is 17.9 Å². The zero-order valence-corrected chi connectivity index (χ0v) is 15.0. The number of rotatable bonds is 8. The van der Waals surface area contributed by atoms with Crippen LogP contribution in [-0.4, -0.2) is 23.7 Å². The summed E-state index contributed by atoms with van der Waals surface area (Å²) < 4.78 is 19.0. The van der Waals surface area contributed by atoms with Gasteiger partial charge in [-0.25, -0.2) is 4.39 Å². The molecule has 0 saturated heterocycles. The second kappa shape index (κ2) is 9.78. The van der Waals surface area contributed by atoms with Gasteiger partial charge in [0.2, 0.25) is 5.91 Å². The van der Waals surface area contributed by atoms with Crippen LogP contribution in [0.1, 0.15) is 40.0 Å². The minimum atomic E-state index is -0.609. The largest absolute Gasteiger partial charge is 0.465 e. The van der Waals surface area contributed by atoms with Crippen molar-refractivity contribution >= 4 is 40.9 Å². The maximum atomic E-state index is 13.9. The van der Waals surface area contributed by atoms with Gasteiger partial charge in [-0.1, -0.05) is 32.4 Å². The molecule has 0 spiro atoms. The molecule has 1 aromatic rings. The van der Waals surface area contributed by atoms with E-state index in [4.69, 9.17) is 16.3 Å². The topological polar surface area (TPSA) is 55.4 Å². The molecule has 1 atom stereocenters. The van der Waals surface area contributed by atoms with Crippen LogP contribution in [0.4, 0.5) is 10.1 Å². The predicted molar refractivity (Wildman–Crippen MR) is 91.5 cm³/mol. The Morgan fingerprint density at radius 2 is 2.04 bits per heavy atom. The highest BCUT2D eigenvalue weighted by Crippen LogP contribution is 2.35. The SMILES string of the molecule is CCCOC(=O)C(CC)Sc1cc(NC(=O)CC)c(F)cc1Cl. The number of nitrogens with one attached hydrogen (secondary N) is 1. The van der Waals surface area contributed by atoms with Crippen molar-refractivity contribution in [1.82, 2.24) is 0 Å². The highest BCUT2D eigenvalue weighted by Gasteiger charge is 2.22. The second-order valence-corrected chi connectivity index (χ2v) is 6.50. The van der Waals surface area contributed by atoms with Crippen molar-refractivity contribution in [3.05, 3.63) is 23.0 Å². The molecule has 1 rings (SSSR count). The van der Waals surface area contributed by atoms with Crippen LogP contribution in [0.2, 0.25) is 5.02 Å². The number of halogens is 2. The first kappa shape index (κ1) is 19.8. The molecule has 1 N–H and O–H groups in total. The Labute approximate surface area is 145 Å². The fraction of sp³-hybridized carbons (Fsp3) is 0.500. The number of ether oxygens (including phenoxy) is 1. The van der Waals surface area contributed by atoms with Crippen LogP contribution in [0.5, 0.6) is 0 Å². The van der Waals surface area contributed by atoms with Gasteiger partial charge in [0.1, 0.15) is 11.1 Å². The maximum Gasteiger partial charge on any atom is 0.319 e. The average Bonchev–Trinajstić information content (AvgIpc) is 2.53. The van der Waals surface area contributed by atoms with Crippen molar-refractivity contribution in [1.29, 1.82) is 0 Å². The van der Waals surface area contributed by atoms with E-state index >= 15 is 0 Å². The standard InChI is InChI=1S/C16H21ClFNO3S/c1-4-7-22-16(21)13(5-2)23-14-9-12(19-15(20)6-3)11(18)8-10(14)17/h8-9,13H,4-7H2,1-3H3,(H,19,20). The molecule has 1 unspecified atom stereocenters. The minimum Gasteiger partial charge on any atom is -0.465 e.